The number of benzene rings is 1. The lowest BCUT2D eigenvalue weighted by Crippen LogP contribution is -1.97. The fraction of sp³-hybridized carbons (Fsp3) is 0.312. The fourth-order valence-corrected chi connectivity index (χ4v) is 3.30. The number of unbranched alkanes of at least 4 members (excludes halogenated alkanes) is 2. The molecule has 18 heavy (non-hydrogen) atoms. The number of ketones is 1. The molecule has 2 heteroatoms. The number of carbonyl (C=O) groups excluding carboxylic acids is 1. The molecule has 0 aliphatic heterocycles. The number of rotatable bonds is 6. The third-order valence-corrected chi connectivity index (χ3v) is 4.33. The van der Waals surface area contributed by atoms with Crippen LogP contribution in [0.15, 0.2) is 30.8 Å². The van der Waals surface area contributed by atoms with E-state index in [1.165, 1.54) is 4.70 Å². The van der Waals surface area contributed by atoms with Gasteiger partial charge in [-0.25, -0.2) is 0 Å². The highest BCUT2D eigenvalue weighted by Gasteiger charge is 2.15. The van der Waals surface area contributed by atoms with Gasteiger partial charge in [-0.2, -0.15) is 0 Å². The van der Waals surface area contributed by atoms with Crippen molar-refractivity contribution in [2.45, 2.75) is 32.6 Å². The van der Waals surface area contributed by atoms with Crippen LogP contribution in [0.2, 0.25) is 0 Å². The van der Waals surface area contributed by atoms with E-state index in [4.69, 9.17) is 0 Å². The fourth-order valence-electron chi connectivity index (χ4n) is 2.12. The monoisotopic (exact) mass is 258 g/mol. The Labute approximate surface area is 112 Å². The van der Waals surface area contributed by atoms with E-state index in [0.29, 0.717) is 6.42 Å². The molecule has 1 aromatic heterocycles. The molecule has 0 fully saturated rings. The molecule has 1 nitrogen and oxygen atoms in total. The zero-order valence-corrected chi connectivity index (χ0v) is 11.6. The standard InChI is InChI=1S/C16H18OS/c1-3-5-6-10-14(17)16-12(4-2)13-9-7-8-11-15(13)18-16/h4,7-9,11H,2-3,5-6,10H2,1H3. The van der Waals surface area contributed by atoms with E-state index < -0.39 is 0 Å². The summed E-state index contributed by atoms with van der Waals surface area (Å²) < 4.78 is 1.17. The number of hydrogen-bond acceptors (Lipinski definition) is 2. The third kappa shape index (κ3) is 2.54. The third-order valence-electron chi connectivity index (χ3n) is 3.10. The van der Waals surface area contributed by atoms with Crippen LogP contribution in [-0.4, -0.2) is 5.78 Å². The highest BCUT2D eigenvalue weighted by atomic mass is 32.1. The van der Waals surface area contributed by atoms with Gasteiger partial charge in [0.1, 0.15) is 0 Å². The van der Waals surface area contributed by atoms with Gasteiger partial charge < -0.3 is 0 Å². The molecule has 1 heterocycles. The average Bonchev–Trinajstić information content (AvgIpc) is 2.77. The van der Waals surface area contributed by atoms with Crippen LogP contribution in [0.5, 0.6) is 0 Å². The van der Waals surface area contributed by atoms with Crippen molar-refractivity contribution in [1.29, 1.82) is 0 Å². The molecule has 94 valence electrons. The number of Topliss-reactive ketones (excluding diaryl/α,β-unsaturated/α-hetero) is 1. The molecule has 0 spiro atoms. The summed E-state index contributed by atoms with van der Waals surface area (Å²) in [5, 5.41) is 1.15. The number of hydrogen-bond donors (Lipinski definition) is 0. The lowest BCUT2D eigenvalue weighted by Gasteiger charge is -1.99. The summed E-state index contributed by atoms with van der Waals surface area (Å²) in [7, 11) is 0. The van der Waals surface area contributed by atoms with Gasteiger partial charge in [0.05, 0.1) is 4.88 Å². The maximum Gasteiger partial charge on any atom is 0.173 e. The SMILES string of the molecule is C=Cc1c(C(=O)CCCCC)sc2ccccc12. The van der Waals surface area contributed by atoms with Crippen molar-refractivity contribution in [2.75, 3.05) is 0 Å². The minimum Gasteiger partial charge on any atom is -0.293 e. The second-order valence-electron chi connectivity index (χ2n) is 4.43. The van der Waals surface area contributed by atoms with Crippen molar-refractivity contribution in [3.05, 3.63) is 41.3 Å². The quantitative estimate of drug-likeness (QED) is 0.507. The molecule has 0 atom stereocenters. The first-order valence-corrected chi connectivity index (χ1v) is 7.26. The Balaban J connectivity index is 2.32. The van der Waals surface area contributed by atoms with Crippen molar-refractivity contribution in [3.8, 4) is 0 Å². The molecule has 0 saturated heterocycles. The number of carbonyl (C=O) groups is 1. The lowest BCUT2D eigenvalue weighted by atomic mass is 10.1. The van der Waals surface area contributed by atoms with Crippen molar-refractivity contribution in [1.82, 2.24) is 0 Å². The predicted octanol–water partition coefficient (Wildman–Crippen LogP) is 5.31. The van der Waals surface area contributed by atoms with E-state index in [9.17, 15) is 4.79 Å². The normalized spacial score (nSPS) is 10.7. The Bertz CT molecular complexity index is 565. The van der Waals surface area contributed by atoms with E-state index in [2.05, 4.69) is 25.6 Å². The van der Waals surface area contributed by atoms with Gasteiger partial charge in [-0.05, 0) is 12.5 Å². The van der Waals surface area contributed by atoms with Crippen molar-refractivity contribution in [3.63, 3.8) is 0 Å². The molecule has 1 aromatic carbocycles. The summed E-state index contributed by atoms with van der Waals surface area (Å²) in [5.74, 6) is 0.263. The molecule has 0 aliphatic carbocycles. The number of thiophene rings is 1. The van der Waals surface area contributed by atoms with Gasteiger partial charge in [-0.3, -0.25) is 4.79 Å². The second kappa shape index (κ2) is 5.96. The Morgan fingerprint density at radius 2 is 2.11 bits per heavy atom. The van der Waals surface area contributed by atoms with E-state index in [1.807, 2.05) is 18.2 Å². The first-order chi connectivity index (χ1) is 8.77. The van der Waals surface area contributed by atoms with Crippen LogP contribution < -0.4 is 0 Å². The topological polar surface area (TPSA) is 17.1 Å². The van der Waals surface area contributed by atoms with E-state index in [1.54, 1.807) is 11.3 Å². The molecule has 0 unspecified atom stereocenters. The molecular formula is C16H18OS. The molecule has 0 aliphatic rings. The van der Waals surface area contributed by atoms with Crippen LogP contribution in [0.3, 0.4) is 0 Å². The van der Waals surface area contributed by atoms with Gasteiger partial charge in [0, 0.05) is 22.1 Å². The molecular weight excluding hydrogens is 240 g/mol. The summed E-state index contributed by atoms with van der Waals surface area (Å²) in [4.78, 5) is 13.1. The molecule has 0 bridgehead atoms. The maximum absolute atomic E-state index is 12.2. The molecule has 0 radical (unpaired) electrons. The molecule has 2 rings (SSSR count). The predicted molar refractivity (Wildman–Crippen MR) is 80.4 cm³/mol. The maximum atomic E-state index is 12.2. The Hall–Kier alpha value is -1.41. The van der Waals surface area contributed by atoms with Crippen LogP contribution >= 0.6 is 11.3 Å². The van der Waals surface area contributed by atoms with E-state index in [-0.39, 0.29) is 5.78 Å². The highest BCUT2D eigenvalue weighted by molar-refractivity contribution is 7.21. The minimum atomic E-state index is 0.263. The van der Waals surface area contributed by atoms with Gasteiger partial charge in [0.15, 0.2) is 5.78 Å². The summed E-state index contributed by atoms with van der Waals surface area (Å²) in [6.07, 6.45) is 5.72. The molecule has 0 N–H and O–H groups in total. The van der Waals surface area contributed by atoms with Crippen LogP contribution in [0.25, 0.3) is 16.2 Å². The van der Waals surface area contributed by atoms with Crippen molar-refractivity contribution < 1.29 is 4.79 Å². The summed E-state index contributed by atoms with van der Waals surface area (Å²) in [6.45, 7) is 6.00. The average molecular weight is 258 g/mol. The highest BCUT2D eigenvalue weighted by Crippen LogP contribution is 2.33. The Kier molecular flexibility index (Phi) is 4.32. The minimum absolute atomic E-state index is 0.263. The van der Waals surface area contributed by atoms with Crippen molar-refractivity contribution in [2.24, 2.45) is 0 Å². The van der Waals surface area contributed by atoms with Crippen LogP contribution in [0.4, 0.5) is 0 Å². The van der Waals surface area contributed by atoms with E-state index in [0.717, 1.165) is 35.1 Å². The van der Waals surface area contributed by atoms with Crippen LogP contribution in [0, 0.1) is 0 Å². The van der Waals surface area contributed by atoms with Gasteiger partial charge in [0.2, 0.25) is 0 Å². The molecule has 0 saturated carbocycles. The summed E-state index contributed by atoms with van der Waals surface area (Å²) in [6, 6.07) is 8.14. The Morgan fingerprint density at radius 1 is 1.33 bits per heavy atom. The van der Waals surface area contributed by atoms with Crippen LogP contribution in [-0.2, 0) is 0 Å². The second-order valence-corrected chi connectivity index (χ2v) is 5.48. The first-order valence-electron chi connectivity index (χ1n) is 6.45. The van der Waals surface area contributed by atoms with Gasteiger partial charge >= 0.3 is 0 Å². The molecule has 0 amide bonds. The van der Waals surface area contributed by atoms with Gasteiger partial charge in [0.25, 0.3) is 0 Å². The lowest BCUT2D eigenvalue weighted by molar-refractivity contribution is 0.0983. The van der Waals surface area contributed by atoms with Crippen molar-refractivity contribution >= 4 is 33.3 Å². The zero-order valence-electron chi connectivity index (χ0n) is 10.7. The molecule has 2 aromatic rings. The summed E-state index contributed by atoms with van der Waals surface area (Å²) >= 11 is 1.59. The van der Waals surface area contributed by atoms with E-state index >= 15 is 0 Å². The smallest absolute Gasteiger partial charge is 0.173 e. The largest absolute Gasteiger partial charge is 0.293 e. The van der Waals surface area contributed by atoms with Crippen LogP contribution in [0.1, 0.15) is 47.8 Å². The Morgan fingerprint density at radius 3 is 2.83 bits per heavy atom. The number of fused-ring (bicyclic) bond motifs is 1. The summed E-state index contributed by atoms with van der Waals surface area (Å²) in [5.41, 5.74) is 1.01. The zero-order chi connectivity index (χ0) is 13.0. The first kappa shape index (κ1) is 13.0. The van der Waals surface area contributed by atoms with Gasteiger partial charge in [-0.15, -0.1) is 11.3 Å². The van der Waals surface area contributed by atoms with Gasteiger partial charge in [-0.1, -0.05) is 50.6 Å².